The molecule has 4 saturated carbocycles. The lowest BCUT2D eigenvalue weighted by Gasteiger charge is -2.33. The van der Waals surface area contributed by atoms with E-state index in [1.165, 1.54) is 31.7 Å². The van der Waals surface area contributed by atoms with Crippen molar-refractivity contribution in [2.24, 2.45) is 23.2 Å². The van der Waals surface area contributed by atoms with Crippen LogP contribution in [0.1, 0.15) is 165 Å². The number of amides is 12. The van der Waals surface area contributed by atoms with E-state index in [9.17, 15) is 59.6 Å². The zero-order valence-electron chi connectivity index (χ0n) is 65.4. The summed E-state index contributed by atoms with van der Waals surface area (Å²) in [6.07, 6.45) is 6.43. The predicted octanol–water partition coefficient (Wildman–Crippen LogP) is 5.18. The Labute approximate surface area is 667 Å². The fourth-order valence-corrected chi connectivity index (χ4v) is 20.5. The SMILES string of the molecule is C=CC(=O)N1CCCC=CC2CC2(C(=O)NS(=O)(=O)C2CC2)NC(=O)C2CC3CN2C(=O)C(C1)NC(=O)OCC(C)(CC1CC1S(=O)(=O)NC(=O)C12CC1C=CCCC(N(C)C(=O)C=C)CCC(NC(=O)OC(C)(C)C)C(=O)N1CC(OC(=O)N4Cc5cccc(F)c5C4)CC1C(=O)N2)CCCCc1cccc2c1CN(C2)C(=O)O3. The molecule has 115 heavy (non-hydrogen) atoms. The van der Waals surface area contributed by atoms with Gasteiger partial charge in [-0.05, 0) is 163 Å². The van der Waals surface area contributed by atoms with Crippen LogP contribution >= 0.6 is 0 Å². The van der Waals surface area contributed by atoms with Gasteiger partial charge in [0.1, 0.15) is 58.9 Å². The summed E-state index contributed by atoms with van der Waals surface area (Å²) in [5.41, 5.74) is -2.15. The number of cyclic esters (lactones) is 1. The Balaban J connectivity index is 0.753. The van der Waals surface area contributed by atoms with Crippen molar-refractivity contribution in [3.63, 3.8) is 0 Å². The molecule has 6 fully saturated rings. The number of likely N-dealkylation sites (N-methyl/N-ethyl adjacent to an activating group) is 1. The van der Waals surface area contributed by atoms with Crippen LogP contribution in [0.3, 0.4) is 0 Å². The van der Waals surface area contributed by atoms with Crippen molar-refractivity contribution in [3.05, 3.63) is 120 Å². The minimum absolute atomic E-state index is 0.00589. The van der Waals surface area contributed by atoms with Crippen molar-refractivity contribution >= 4 is 91.7 Å². The Morgan fingerprint density at radius 2 is 1.37 bits per heavy atom. The lowest BCUT2D eigenvalue weighted by atomic mass is 9.80. The molecule has 35 heteroatoms. The van der Waals surface area contributed by atoms with Crippen LogP contribution in [0.25, 0.3) is 0 Å². The minimum atomic E-state index is -4.62. The van der Waals surface area contributed by atoms with Gasteiger partial charge in [-0.1, -0.05) is 81.1 Å². The summed E-state index contributed by atoms with van der Waals surface area (Å²) < 4.78 is 99.5. The van der Waals surface area contributed by atoms with Gasteiger partial charge in [0, 0.05) is 74.9 Å². The van der Waals surface area contributed by atoms with Crippen LogP contribution in [0.5, 0.6) is 0 Å². The number of aryl methyl sites for hydroxylation is 1. The van der Waals surface area contributed by atoms with E-state index in [1.807, 2.05) is 25.1 Å². The van der Waals surface area contributed by atoms with Gasteiger partial charge in [-0.25, -0.2) is 40.4 Å². The first-order valence-corrected chi connectivity index (χ1v) is 42.8. The van der Waals surface area contributed by atoms with Gasteiger partial charge < -0.3 is 59.8 Å². The Kier molecular flexibility index (Phi) is 23.8. The Morgan fingerprint density at radius 1 is 0.722 bits per heavy atom. The highest BCUT2D eigenvalue weighted by Crippen LogP contribution is 2.50. The van der Waals surface area contributed by atoms with E-state index in [-0.39, 0.29) is 90.7 Å². The second kappa shape index (κ2) is 33.0. The molecule has 13 rings (SSSR count). The summed E-state index contributed by atoms with van der Waals surface area (Å²) in [6.45, 7) is 12.7. The van der Waals surface area contributed by atoms with Gasteiger partial charge in [0.15, 0.2) is 0 Å². The summed E-state index contributed by atoms with van der Waals surface area (Å²) in [7, 11) is -7.16. The normalized spacial score (nSPS) is 30.7. The van der Waals surface area contributed by atoms with Gasteiger partial charge in [-0.2, -0.15) is 0 Å². The average Bonchev–Trinajstić information content (AvgIpc) is 1.57. The number of nitrogens with one attached hydrogen (secondary N) is 6. The van der Waals surface area contributed by atoms with Gasteiger partial charge >= 0.3 is 24.4 Å². The largest absolute Gasteiger partial charge is 0.449 e. The van der Waals surface area contributed by atoms with Crippen molar-refractivity contribution < 1.29 is 97.7 Å². The molecule has 6 N–H and O–H groups in total. The molecule has 2 aromatic carbocycles. The fourth-order valence-electron chi connectivity index (χ4n) is 17.4. The van der Waals surface area contributed by atoms with Crippen LogP contribution in [0.15, 0.2) is 86.0 Å². The molecule has 7 aliphatic heterocycles. The molecule has 2 aromatic rings. The smallest absolute Gasteiger partial charge is 0.410 e. The zero-order valence-corrected chi connectivity index (χ0v) is 67.0. The summed E-state index contributed by atoms with van der Waals surface area (Å²) in [4.78, 5) is 182. The number of carbonyl (C=O) groups excluding carboxylic acids is 12. The lowest BCUT2D eigenvalue weighted by Crippen LogP contribution is -2.60. The number of allylic oxidation sites excluding steroid dienone is 2. The summed E-state index contributed by atoms with van der Waals surface area (Å²) >= 11 is 0. The van der Waals surface area contributed by atoms with Crippen LogP contribution in [-0.2, 0) is 110 Å². The van der Waals surface area contributed by atoms with E-state index < -0.39 is 210 Å². The molecule has 2 saturated heterocycles. The highest BCUT2D eigenvalue weighted by atomic mass is 32.2. The molecular formula is C80H103FN12O20S2. The maximum absolute atomic E-state index is 15.5. The second-order valence-corrected chi connectivity index (χ2v) is 37.9. The topological polar surface area (TPSA) is 402 Å². The van der Waals surface area contributed by atoms with Gasteiger partial charge in [0.25, 0.3) is 11.8 Å². The molecule has 622 valence electrons. The van der Waals surface area contributed by atoms with E-state index in [0.29, 0.717) is 75.3 Å². The molecule has 12 amide bonds. The highest BCUT2D eigenvalue weighted by molar-refractivity contribution is 7.91. The number of halogens is 1. The molecule has 0 aromatic heterocycles. The Morgan fingerprint density at radius 3 is 2.04 bits per heavy atom. The summed E-state index contributed by atoms with van der Waals surface area (Å²) in [6, 6.07) is 3.60. The van der Waals surface area contributed by atoms with Crippen molar-refractivity contribution in [2.75, 3.05) is 39.8 Å². The molecule has 11 aliphatic rings. The zero-order chi connectivity index (χ0) is 82.4. The second-order valence-electron chi connectivity index (χ2n) is 34.0. The number of alkyl carbamates (subject to hydrolysis) is 2. The van der Waals surface area contributed by atoms with Crippen molar-refractivity contribution in [1.29, 1.82) is 0 Å². The number of fused-ring (bicyclic) bond motifs is 7. The minimum Gasteiger partial charge on any atom is -0.449 e. The van der Waals surface area contributed by atoms with Crippen LogP contribution in [0.4, 0.5) is 23.6 Å². The van der Waals surface area contributed by atoms with Gasteiger partial charge in [0.05, 0.1) is 43.3 Å². The molecule has 0 radical (unpaired) electrons. The Hall–Kier alpha value is -9.93. The van der Waals surface area contributed by atoms with E-state index in [1.54, 1.807) is 58.2 Å². The fraction of sp³-hybridized carbons (Fsp3) is 0.600. The molecule has 14 unspecified atom stereocenters. The number of benzene rings is 2. The summed E-state index contributed by atoms with van der Waals surface area (Å²) in [5.74, 6) is -9.24. The van der Waals surface area contributed by atoms with Gasteiger partial charge in [0.2, 0.25) is 55.5 Å². The van der Waals surface area contributed by atoms with E-state index in [0.717, 1.165) is 38.6 Å². The number of sulfonamides is 2. The number of nitrogens with zero attached hydrogens (tertiary/aromatic N) is 6. The first kappa shape index (κ1) is 83.0. The quantitative estimate of drug-likeness (QED) is 0.0854. The molecular weight excluding hydrogens is 1530 g/mol. The third-order valence-corrected chi connectivity index (χ3v) is 28.0. The van der Waals surface area contributed by atoms with E-state index in [2.05, 4.69) is 43.9 Å². The number of hydrogen-bond acceptors (Lipinski definition) is 20. The molecule has 32 nitrogen and oxygen atoms in total. The third kappa shape index (κ3) is 18.7. The van der Waals surface area contributed by atoms with Gasteiger partial charge in [-0.3, -0.25) is 57.6 Å². The number of rotatable bonds is 13. The monoisotopic (exact) mass is 1630 g/mol. The molecule has 7 heterocycles. The maximum Gasteiger partial charge on any atom is 0.410 e. The van der Waals surface area contributed by atoms with Gasteiger partial charge in [-0.15, -0.1) is 0 Å². The lowest BCUT2D eigenvalue weighted by molar-refractivity contribution is -0.142. The molecule has 0 spiro atoms. The van der Waals surface area contributed by atoms with Crippen LogP contribution < -0.4 is 30.7 Å². The highest BCUT2D eigenvalue weighted by Gasteiger charge is 2.65. The van der Waals surface area contributed by atoms with Crippen LogP contribution in [-0.4, -0.2) is 227 Å². The number of carbonyl (C=O) groups is 12. The number of ether oxygens (including phenoxy) is 4. The van der Waals surface area contributed by atoms with Crippen molar-refractivity contribution in [2.45, 2.75) is 239 Å². The van der Waals surface area contributed by atoms with Crippen LogP contribution in [0.2, 0.25) is 0 Å². The molecule has 14 atom stereocenters. The van der Waals surface area contributed by atoms with E-state index in [4.69, 9.17) is 18.9 Å². The van der Waals surface area contributed by atoms with Crippen molar-refractivity contribution in [3.8, 4) is 0 Å². The predicted molar refractivity (Wildman–Crippen MR) is 410 cm³/mol. The first-order valence-electron chi connectivity index (χ1n) is 39.7. The third-order valence-electron chi connectivity index (χ3n) is 24.3. The Bertz CT molecular complexity index is 4590. The molecule has 4 aliphatic carbocycles. The number of hydrogen-bond donors (Lipinski definition) is 6. The average molecular weight is 1640 g/mol. The summed E-state index contributed by atoms with van der Waals surface area (Å²) in [5, 5.41) is 8.98. The first-order chi connectivity index (χ1) is 54.5. The van der Waals surface area contributed by atoms with Crippen molar-refractivity contribution in [1.82, 2.24) is 60.1 Å². The standard InChI is InChI=1S/C80H103FN12O20S2/c1-8-65(94)88(7)53-25-13-12-24-52-38-80(52,85-67(96)62-34-54(112-76(105)91-40-49-22-18-26-59(81)58(49)44-91)41-92(62)69(98)60(30-27-53)82-74(103)113-77(3,4)5)72(101)87-115(108,109)64-33-50(64)36-78(6)31-15-14-19-47-20-17-21-48-39-90(43-57(47)48)75(104)111-55-35-63-68(97)84-79(71(100)86-114(106,107)56-28-29-56)37-51(79)23-11-10-16-32-89(66(95)9-2)45-61(70(99)93(63)42-55)83-73(102)110-46-78/h8-9,11-12,17-18,20-24,26,50-56,60-64H,1-2,10,13-16,19,25,27-46H2,3-7H3,(H,82,103)(H,83,102)(H,84,97)(H,85,96)(H,86,100)(H,87,101). The maximum atomic E-state index is 15.5. The molecule has 5 bridgehead atoms. The van der Waals surface area contributed by atoms with Crippen LogP contribution in [0, 0.1) is 29.0 Å². The van der Waals surface area contributed by atoms with E-state index >= 15 is 19.2 Å².